The van der Waals surface area contributed by atoms with E-state index in [-0.39, 0.29) is 18.3 Å². The maximum absolute atomic E-state index is 11.2. The molecule has 136 valence electrons. The van der Waals surface area contributed by atoms with E-state index in [0.717, 1.165) is 5.56 Å². The minimum absolute atomic E-state index is 0.0243. The van der Waals surface area contributed by atoms with Crippen LogP contribution < -0.4 is 10.6 Å². The molecule has 0 amide bonds. The zero-order valence-corrected chi connectivity index (χ0v) is 15.5. The Morgan fingerprint density at radius 3 is 2.54 bits per heavy atom. The Labute approximate surface area is 145 Å². The minimum atomic E-state index is -2.97. The number of guanidine groups is 1. The second-order valence-electron chi connectivity index (χ2n) is 6.03. The standard InChI is InChI=1S/C17H29N3O3S/c1-4-18-17(20-14(2)10-11-24(3,22)23)19-13-16(21)12-15-8-6-5-7-9-15/h5-9,14,16,21H,4,10-13H2,1-3H3,(H2,18,19,20). The summed E-state index contributed by atoms with van der Waals surface area (Å²) in [7, 11) is -2.97. The molecule has 0 saturated carbocycles. The van der Waals surface area contributed by atoms with Crippen molar-refractivity contribution >= 4 is 15.8 Å². The number of rotatable bonds is 9. The molecule has 0 aliphatic carbocycles. The molecule has 2 atom stereocenters. The predicted octanol–water partition coefficient (Wildman–Crippen LogP) is 0.968. The van der Waals surface area contributed by atoms with Gasteiger partial charge in [0.2, 0.25) is 0 Å². The average molecular weight is 356 g/mol. The lowest BCUT2D eigenvalue weighted by molar-refractivity contribution is 0.183. The molecular formula is C17H29N3O3S. The number of aliphatic imine (C=N–C) groups is 1. The fourth-order valence-corrected chi connectivity index (χ4v) is 2.95. The van der Waals surface area contributed by atoms with E-state index in [2.05, 4.69) is 15.6 Å². The molecule has 0 aliphatic rings. The van der Waals surface area contributed by atoms with E-state index in [1.54, 1.807) is 0 Å². The fraction of sp³-hybridized carbons (Fsp3) is 0.588. The molecular weight excluding hydrogens is 326 g/mol. The van der Waals surface area contributed by atoms with Gasteiger partial charge >= 0.3 is 0 Å². The summed E-state index contributed by atoms with van der Waals surface area (Å²) in [6.07, 6.45) is 1.73. The number of aliphatic hydroxyl groups excluding tert-OH is 1. The SMILES string of the molecule is CCNC(=NCC(O)Cc1ccccc1)NC(C)CCS(C)(=O)=O. The number of nitrogens with zero attached hydrogens (tertiary/aromatic N) is 1. The van der Waals surface area contributed by atoms with Crippen LogP contribution in [0.3, 0.4) is 0 Å². The zero-order chi connectivity index (χ0) is 18.0. The van der Waals surface area contributed by atoms with Crippen LogP contribution in [0.4, 0.5) is 0 Å². The van der Waals surface area contributed by atoms with Crippen LogP contribution in [0.15, 0.2) is 35.3 Å². The van der Waals surface area contributed by atoms with Gasteiger partial charge in [0, 0.05) is 25.3 Å². The summed E-state index contributed by atoms with van der Waals surface area (Å²) in [5.41, 5.74) is 1.07. The van der Waals surface area contributed by atoms with E-state index in [9.17, 15) is 13.5 Å². The third-order valence-electron chi connectivity index (χ3n) is 3.42. The summed E-state index contributed by atoms with van der Waals surface area (Å²) < 4.78 is 22.5. The van der Waals surface area contributed by atoms with Gasteiger partial charge in [-0.05, 0) is 25.8 Å². The Morgan fingerprint density at radius 2 is 1.96 bits per heavy atom. The van der Waals surface area contributed by atoms with Crippen LogP contribution in [-0.2, 0) is 16.3 Å². The number of sulfone groups is 1. The summed E-state index contributed by atoms with van der Waals surface area (Å²) in [5, 5.41) is 16.4. The molecule has 24 heavy (non-hydrogen) atoms. The molecule has 0 radical (unpaired) electrons. The van der Waals surface area contributed by atoms with Crippen LogP contribution in [0, 0.1) is 0 Å². The van der Waals surface area contributed by atoms with Crippen LogP contribution in [0.2, 0.25) is 0 Å². The largest absolute Gasteiger partial charge is 0.391 e. The second kappa shape index (κ2) is 10.3. The fourth-order valence-electron chi connectivity index (χ4n) is 2.16. The molecule has 0 aromatic heterocycles. The van der Waals surface area contributed by atoms with E-state index in [1.807, 2.05) is 44.2 Å². The Kier molecular flexibility index (Phi) is 8.78. The van der Waals surface area contributed by atoms with Crippen molar-refractivity contribution in [2.45, 2.75) is 38.8 Å². The van der Waals surface area contributed by atoms with Gasteiger partial charge in [0.15, 0.2) is 5.96 Å². The number of benzene rings is 1. The third kappa shape index (κ3) is 9.52. The van der Waals surface area contributed by atoms with Gasteiger partial charge in [0.25, 0.3) is 0 Å². The summed E-state index contributed by atoms with van der Waals surface area (Å²) >= 11 is 0. The first kappa shape index (κ1) is 20.4. The molecule has 1 aromatic rings. The second-order valence-corrected chi connectivity index (χ2v) is 8.29. The maximum atomic E-state index is 11.2. The smallest absolute Gasteiger partial charge is 0.191 e. The van der Waals surface area contributed by atoms with Gasteiger partial charge in [-0.25, -0.2) is 8.42 Å². The summed E-state index contributed by atoms with van der Waals surface area (Å²) in [5.74, 6) is 0.725. The highest BCUT2D eigenvalue weighted by molar-refractivity contribution is 7.90. The van der Waals surface area contributed by atoms with E-state index in [0.29, 0.717) is 25.3 Å². The highest BCUT2D eigenvalue weighted by Gasteiger charge is 2.10. The van der Waals surface area contributed by atoms with Crippen molar-refractivity contribution in [1.29, 1.82) is 0 Å². The Hall–Kier alpha value is -1.60. The van der Waals surface area contributed by atoms with Crippen LogP contribution >= 0.6 is 0 Å². The van der Waals surface area contributed by atoms with Crippen LogP contribution in [0.1, 0.15) is 25.8 Å². The lowest BCUT2D eigenvalue weighted by Gasteiger charge is -2.18. The van der Waals surface area contributed by atoms with Gasteiger partial charge in [0.05, 0.1) is 18.4 Å². The van der Waals surface area contributed by atoms with Crippen molar-refractivity contribution in [1.82, 2.24) is 10.6 Å². The maximum Gasteiger partial charge on any atom is 0.191 e. The van der Waals surface area contributed by atoms with Crippen molar-refractivity contribution in [3.8, 4) is 0 Å². The van der Waals surface area contributed by atoms with Crippen molar-refractivity contribution in [2.24, 2.45) is 4.99 Å². The molecule has 1 rings (SSSR count). The lowest BCUT2D eigenvalue weighted by Crippen LogP contribution is -2.43. The van der Waals surface area contributed by atoms with E-state index < -0.39 is 15.9 Å². The number of aliphatic hydroxyl groups is 1. The van der Waals surface area contributed by atoms with Crippen LogP contribution in [0.5, 0.6) is 0 Å². The molecule has 0 bridgehead atoms. The third-order valence-corrected chi connectivity index (χ3v) is 4.40. The van der Waals surface area contributed by atoms with Gasteiger partial charge in [-0.1, -0.05) is 30.3 Å². The van der Waals surface area contributed by atoms with E-state index in [4.69, 9.17) is 0 Å². The van der Waals surface area contributed by atoms with E-state index in [1.165, 1.54) is 6.26 Å². The van der Waals surface area contributed by atoms with Gasteiger partial charge in [-0.2, -0.15) is 0 Å². The number of hydrogen-bond acceptors (Lipinski definition) is 4. The lowest BCUT2D eigenvalue weighted by atomic mass is 10.1. The molecule has 7 heteroatoms. The molecule has 0 aliphatic heterocycles. The van der Waals surface area contributed by atoms with Gasteiger partial charge < -0.3 is 15.7 Å². The Balaban J connectivity index is 2.51. The van der Waals surface area contributed by atoms with Crippen molar-refractivity contribution in [2.75, 3.05) is 25.1 Å². The average Bonchev–Trinajstić information content (AvgIpc) is 2.51. The molecule has 1 aromatic carbocycles. The van der Waals surface area contributed by atoms with Crippen LogP contribution in [0.25, 0.3) is 0 Å². The summed E-state index contributed by atoms with van der Waals surface area (Å²) in [6.45, 7) is 4.85. The van der Waals surface area contributed by atoms with Crippen molar-refractivity contribution in [3.63, 3.8) is 0 Å². The molecule has 0 heterocycles. The Bertz CT molecular complexity index is 603. The Morgan fingerprint density at radius 1 is 1.29 bits per heavy atom. The van der Waals surface area contributed by atoms with Gasteiger partial charge in [-0.3, -0.25) is 4.99 Å². The van der Waals surface area contributed by atoms with E-state index >= 15 is 0 Å². The molecule has 0 saturated heterocycles. The monoisotopic (exact) mass is 355 g/mol. The minimum Gasteiger partial charge on any atom is -0.391 e. The van der Waals surface area contributed by atoms with Crippen LogP contribution in [-0.4, -0.2) is 56.7 Å². The predicted molar refractivity (Wildman–Crippen MR) is 99.1 cm³/mol. The molecule has 6 nitrogen and oxygen atoms in total. The van der Waals surface area contributed by atoms with Gasteiger partial charge in [0.1, 0.15) is 9.84 Å². The molecule has 2 unspecified atom stereocenters. The number of hydrogen-bond donors (Lipinski definition) is 3. The topological polar surface area (TPSA) is 90.8 Å². The highest BCUT2D eigenvalue weighted by atomic mass is 32.2. The molecule has 3 N–H and O–H groups in total. The summed E-state index contributed by atoms with van der Waals surface area (Å²) in [6, 6.07) is 9.76. The number of nitrogens with one attached hydrogen (secondary N) is 2. The van der Waals surface area contributed by atoms with Crippen molar-refractivity contribution < 1.29 is 13.5 Å². The first-order valence-electron chi connectivity index (χ1n) is 8.24. The van der Waals surface area contributed by atoms with Gasteiger partial charge in [-0.15, -0.1) is 0 Å². The first-order valence-corrected chi connectivity index (χ1v) is 10.3. The van der Waals surface area contributed by atoms with Crippen molar-refractivity contribution in [3.05, 3.63) is 35.9 Å². The molecule has 0 fully saturated rings. The normalized spacial score (nSPS) is 14.9. The first-order chi connectivity index (χ1) is 11.3. The molecule has 0 spiro atoms. The summed E-state index contributed by atoms with van der Waals surface area (Å²) in [4.78, 5) is 4.39. The zero-order valence-electron chi connectivity index (χ0n) is 14.7. The quantitative estimate of drug-likeness (QED) is 0.453. The highest BCUT2D eigenvalue weighted by Crippen LogP contribution is 2.03.